The summed E-state index contributed by atoms with van der Waals surface area (Å²) in [4.78, 5) is 23.0. The number of aromatic hydroxyl groups is 2. The number of fused-ring (bicyclic) bond motifs is 2. The first kappa shape index (κ1) is 18.0. The highest BCUT2D eigenvalue weighted by Gasteiger charge is 2.34. The van der Waals surface area contributed by atoms with Crippen molar-refractivity contribution in [3.8, 4) is 11.5 Å². The van der Waals surface area contributed by atoms with Gasteiger partial charge in [0.1, 0.15) is 21.3 Å². The minimum atomic E-state index is -4.89. The molecule has 2 aromatic carbocycles. The van der Waals surface area contributed by atoms with E-state index in [1.165, 1.54) is 0 Å². The van der Waals surface area contributed by atoms with Gasteiger partial charge in [-0.25, -0.2) is 0 Å². The lowest BCUT2D eigenvalue weighted by Crippen LogP contribution is -2.22. The number of carbonyl (C=O) groups excluding carboxylic acids is 2. The van der Waals surface area contributed by atoms with E-state index >= 15 is 0 Å². The highest BCUT2D eigenvalue weighted by atomic mass is 32.2. The molecule has 0 aromatic heterocycles. The number of rotatable bonds is 2. The van der Waals surface area contributed by atoms with E-state index in [1.54, 1.807) is 0 Å². The Morgan fingerprint density at radius 1 is 0.577 bits per heavy atom. The first-order valence-electron chi connectivity index (χ1n) is 6.60. The zero-order valence-corrected chi connectivity index (χ0v) is 14.0. The van der Waals surface area contributed by atoms with Gasteiger partial charge in [-0.3, -0.25) is 18.7 Å². The summed E-state index contributed by atoms with van der Waals surface area (Å²) in [6, 6.07) is 2.47. The monoisotopic (exact) mass is 400 g/mol. The van der Waals surface area contributed by atoms with Crippen LogP contribution in [0.1, 0.15) is 31.8 Å². The first-order valence-corrected chi connectivity index (χ1v) is 9.49. The van der Waals surface area contributed by atoms with E-state index in [4.69, 9.17) is 9.11 Å². The molecule has 0 heterocycles. The van der Waals surface area contributed by atoms with Gasteiger partial charge < -0.3 is 10.2 Å². The highest BCUT2D eigenvalue weighted by Crippen LogP contribution is 2.36. The molecule has 4 N–H and O–H groups in total. The van der Waals surface area contributed by atoms with Gasteiger partial charge in [-0.1, -0.05) is 0 Å². The van der Waals surface area contributed by atoms with Gasteiger partial charge in [-0.2, -0.15) is 16.8 Å². The third-order valence-electron chi connectivity index (χ3n) is 3.73. The second-order valence-electron chi connectivity index (χ2n) is 5.34. The number of carbonyl (C=O) groups is 2. The Kier molecular flexibility index (Phi) is 3.70. The third kappa shape index (κ3) is 2.64. The van der Waals surface area contributed by atoms with Gasteiger partial charge in [0.2, 0.25) is 0 Å². The Morgan fingerprint density at radius 3 is 1.12 bits per heavy atom. The number of benzene rings is 2. The van der Waals surface area contributed by atoms with E-state index in [0.717, 1.165) is 0 Å². The summed E-state index contributed by atoms with van der Waals surface area (Å²) in [6.07, 6.45) is 0. The van der Waals surface area contributed by atoms with Gasteiger partial charge in [-0.15, -0.1) is 0 Å². The smallest absolute Gasteiger partial charge is 0.298 e. The second kappa shape index (κ2) is 5.35. The van der Waals surface area contributed by atoms with Gasteiger partial charge in [0.25, 0.3) is 20.2 Å². The van der Waals surface area contributed by atoms with Gasteiger partial charge in [-0.05, 0) is 24.3 Å². The number of hydrogen-bond acceptors (Lipinski definition) is 8. The zero-order chi connectivity index (χ0) is 19.6. The van der Waals surface area contributed by atoms with Crippen LogP contribution in [0.3, 0.4) is 0 Å². The average Bonchev–Trinajstić information content (AvgIpc) is 2.49. The molecule has 26 heavy (non-hydrogen) atoms. The zero-order valence-electron chi connectivity index (χ0n) is 12.4. The molecule has 1 aliphatic rings. The Balaban J connectivity index is 2.34. The van der Waals surface area contributed by atoms with Crippen molar-refractivity contribution < 1.29 is 45.7 Å². The SMILES string of the molecule is O=C1c2cc(O)c(S(=O)(=O)O)cc2C(=O)c2cc(O)c(S(=O)(=O)O)cc21. The van der Waals surface area contributed by atoms with E-state index in [9.17, 15) is 36.6 Å². The standard InChI is InChI=1S/C14H8O10S2/c15-9-1-5-7(3-11(9)25(19,20)21)14(18)6-2-10(16)12(26(22,23)24)4-8(6)13(5)17/h1-4,15-16H,(H,19,20,21)(H,22,23,24). The first-order chi connectivity index (χ1) is 11.8. The van der Waals surface area contributed by atoms with Crippen LogP contribution in [-0.4, -0.2) is 47.7 Å². The predicted molar refractivity (Wildman–Crippen MR) is 82.7 cm³/mol. The average molecular weight is 400 g/mol. The Hall–Kier alpha value is -2.80. The Bertz CT molecular complexity index is 1130. The second-order valence-corrected chi connectivity index (χ2v) is 8.12. The van der Waals surface area contributed by atoms with Crippen molar-refractivity contribution in [2.75, 3.05) is 0 Å². The van der Waals surface area contributed by atoms with Crippen LogP contribution >= 0.6 is 0 Å². The highest BCUT2D eigenvalue weighted by molar-refractivity contribution is 7.86. The van der Waals surface area contributed by atoms with Crippen LogP contribution < -0.4 is 0 Å². The topological polar surface area (TPSA) is 183 Å². The van der Waals surface area contributed by atoms with Crippen molar-refractivity contribution in [3.63, 3.8) is 0 Å². The van der Waals surface area contributed by atoms with Crippen LogP contribution in [0.25, 0.3) is 0 Å². The normalized spacial score (nSPS) is 14.1. The summed E-state index contributed by atoms with van der Waals surface area (Å²) >= 11 is 0. The van der Waals surface area contributed by atoms with Gasteiger partial charge in [0, 0.05) is 22.3 Å². The van der Waals surface area contributed by atoms with Gasteiger partial charge in [0.05, 0.1) is 0 Å². The summed E-state index contributed by atoms with van der Waals surface area (Å²) in [7, 11) is -9.79. The third-order valence-corrected chi connectivity index (χ3v) is 5.50. The summed E-state index contributed by atoms with van der Waals surface area (Å²) in [6.45, 7) is 0. The van der Waals surface area contributed by atoms with Crippen LogP contribution in [0.5, 0.6) is 11.5 Å². The molecule has 10 nitrogen and oxygen atoms in total. The molecular formula is C14H8O10S2. The minimum absolute atomic E-state index is 0.445. The Morgan fingerprint density at radius 2 is 0.846 bits per heavy atom. The quantitative estimate of drug-likeness (QED) is 0.438. The lowest BCUT2D eigenvalue weighted by Gasteiger charge is -2.19. The molecule has 0 fully saturated rings. The maximum Gasteiger partial charge on any atom is 0.298 e. The maximum atomic E-state index is 12.5. The molecular weight excluding hydrogens is 392 g/mol. The van der Waals surface area contributed by atoms with E-state index in [1.807, 2.05) is 0 Å². The number of ketones is 2. The minimum Gasteiger partial charge on any atom is -0.506 e. The summed E-state index contributed by atoms with van der Waals surface area (Å²) in [5.74, 6) is -3.91. The van der Waals surface area contributed by atoms with Crippen LogP contribution in [0.4, 0.5) is 0 Å². The van der Waals surface area contributed by atoms with E-state index in [0.29, 0.717) is 24.3 Å². The molecule has 0 atom stereocenters. The largest absolute Gasteiger partial charge is 0.506 e. The molecule has 0 bridgehead atoms. The van der Waals surface area contributed by atoms with E-state index < -0.39 is 75.3 Å². The maximum absolute atomic E-state index is 12.5. The fourth-order valence-electron chi connectivity index (χ4n) is 2.59. The summed E-state index contributed by atoms with van der Waals surface area (Å²) in [5.41, 5.74) is -1.85. The molecule has 0 spiro atoms. The van der Waals surface area contributed by atoms with Crippen molar-refractivity contribution in [3.05, 3.63) is 46.5 Å². The van der Waals surface area contributed by atoms with Crippen molar-refractivity contribution in [1.82, 2.24) is 0 Å². The number of phenols is 2. The van der Waals surface area contributed by atoms with Crippen molar-refractivity contribution in [2.45, 2.75) is 9.79 Å². The lowest BCUT2D eigenvalue weighted by atomic mass is 9.84. The van der Waals surface area contributed by atoms with Crippen molar-refractivity contribution in [1.29, 1.82) is 0 Å². The van der Waals surface area contributed by atoms with Crippen molar-refractivity contribution in [2.24, 2.45) is 0 Å². The number of hydrogen-bond donors (Lipinski definition) is 4. The van der Waals surface area contributed by atoms with Gasteiger partial charge in [0.15, 0.2) is 11.6 Å². The molecule has 0 amide bonds. The predicted octanol–water partition coefficient (Wildman–Crippen LogP) is 0.367. The van der Waals surface area contributed by atoms with Crippen LogP contribution in [0.15, 0.2) is 34.1 Å². The number of phenolic OH excluding ortho intramolecular Hbond substituents is 2. The molecule has 0 aliphatic heterocycles. The van der Waals surface area contributed by atoms with Gasteiger partial charge >= 0.3 is 0 Å². The van der Waals surface area contributed by atoms with E-state index in [-0.39, 0.29) is 0 Å². The van der Waals surface area contributed by atoms with E-state index in [2.05, 4.69) is 0 Å². The molecule has 0 radical (unpaired) electrons. The molecule has 0 saturated heterocycles. The fourth-order valence-corrected chi connectivity index (χ4v) is 3.77. The fraction of sp³-hybridized carbons (Fsp3) is 0. The summed E-state index contributed by atoms with van der Waals surface area (Å²) in [5, 5.41) is 19.4. The molecule has 1 aliphatic carbocycles. The lowest BCUT2D eigenvalue weighted by molar-refractivity contribution is 0.0978. The molecule has 2 aromatic rings. The van der Waals surface area contributed by atoms with Crippen LogP contribution in [-0.2, 0) is 20.2 Å². The Labute approximate surface area is 145 Å². The van der Waals surface area contributed by atoms with Crippen molar-refractivity contribution >= 4 is 31.8 Å². The molecule has 0 unspecified atom stereocenters. The molecule has 0 saturated carbocycles. The van der Waals surface area contributed by atoms with Crippen LogP contribution in [0, 0.1) is 0 Å². The van der Waals surface area contributed by atoms with Crippen LogP contribution in [0.2, 0.25) is 0 Å². The molecule has 3 rings (SSSR count). The summed E-state index contributed by atoms with van der Waals surface area (Å²) < 4.78 is 63.1. The molecule has 136 valence electrons. The molecule has 12 heteroatoms.